The van der Waals surface area contributed by atoms with Gasteiger partial charge >= 0.3 is 0 Å². The molecule has 4 aromatic rings. The highest BCUT2D eigenvalue weighted by atomic mass is 19.1. The van der Waals surface area contributed by atoms with Gasteiger partial charge in [0.15, 0.2) is 11.5 Å². The number of hydrogen-bond acceptors (Lipinski definition) is 10. The first-order valence-electron chi connectivity index (χ1n) is 12.4. The van der Waals surface area contributed by atoms with Crippen LogP contribution in [-0.4, -0.2) is 54.6 Å². The molecule has 2 N–H and O–H groups in total. The van der Waals surface area contributed by atoms with Crippen LogP contribution in [0, 0.1) is 5.82 Å². The Hall–Kier alpha value is -4.77. The summed E-state index contributed by atoms with van der Waals surface area (Å²) in [6, 6.07) is 21.3. The Morgan fingerprint density at radius 2 is 1.72 bits per heavy atom. The first-order valence-corrected chi connectivity index (χ1v) is 12.4. The van der Waals surface area contributed by atoms with E-state index in [9.17, 15) is 4.39 Å². The van der Waals surface area contributed by atoms with Crippen molar-refractivity contribution >= 4 is 29.7 Å². The Labute approximate surface area is 225 Å². The molecule has 11 heteroatoms. The molecule has 39 heavy (non-hydrogen) atoms. The fourth-order valence-electron chi connectivity index (χ4n) is 3.82. The van der Waals surface area contributed by atoms with Gasteiger partial charge in [0.25, 0.3) is 0 Å². The third kappa shape index (κ3) is 7.17. The maximum atomic E-state index is 13.1. The number of hydrazone groups is 1. The molecule has 0 spiro atoms. The van der Waals surface area contributed by atoms with Gasteiger partial charge in [0.05, 0.1) is 26.5 Å². The summed E-state index contributed by atoms with van der Waals surface area (Å²) in [6.07, 6.45) is 1.63. The molecule has 0 radical (unpaired) electrons. The highest BCUT2D eigenvalue weighted by Crippen LogP contribution is 2.28. The average molecular weight is 530 g/mol. The molecule has 0 saturated carbocycles. The van der Waals surface area contributed by atoms with Crippen LogP contribution < -0.4 is 25.1 Å². The van der Waals surface area contributed by atoms with E-state index in [1.165, 1.54) is 12.1 Å². The second kappa shape index (κ2) is 12.7. The van der Waals surface area contributed by atoms with E-state index in [1.54, 1.807) is 37.6 Å². The van der Waals surface area contributed by atoms with Crippen molar-refractivity contribution in [1.82, 2.24) is 15.0 Å². The van der Waals surface area contributed by atoms with Gasteiger partial charge < -0.3 is 24.4 Å². The monoisotopic (exact) mass is 529 g/mol. The van der Waals surface area contributed by atoms with Crippen LogP contribution in [0.1, 0.15) is 11.1 Å². The van der Waals surface area contributed by atoms with Gasteiger partial charge in [-0.2, -0.15) is 20.1 Å². The van der Waals surface area contributed by atoms with Gasteiger partial charge in [-0.3, -0.25) is 0 Å². The van der Waals surface area contributed by atoms with Gasteiger partial charge in [-0.05, 0) is 53.6 Å². The van der Waals surface area contributed by atoms with Crippen molar-refractivity contribution in [1.29, 1.82) is 0 Å². The lowest BCUT2D eigenvalue weighted by atomic mass is 10.2. The molecule has 2 heterocycles. The number of nitrogens with one attached hydrogen (secondary N) is 2. The van der Waals surface area contributed by atoms with E-state index < -0.39 is 0 Å². The quantitative estimate of drug-likeness (QED) is 0.225. The van der Waals surface area contributed by atoms with Gasteiger partial charge in [0.2, 0.25) is 17.8 Å². The normalized spacial score (nSPS) is 13.3. The van der Waals surface area contributed by atoms with E-state index in [0.717, 1.165) is 16.8 Å². The number of benzene rings is 3. The number of aromatic nitrogens is 3. The molecule has 200 valence electrons. The van der Waals surface area contributed by atoms with E-state index >= 15 is 0 Å². The highest BCUT2D eigenvalue weighted by Gasteiger charge is 2.17. The van der Waals surface area contributed by atoms with Crippen LogP contribution in [0.15, 0.2) is 77.9 Å². The largest absolute Gasteiger partial charge is 0.493 e. The summed E-state index contributed by atoms with van der Waals surface area (Å²) >= 11 is 0. The summed E-state index contributed by atoms with van der Waals surface area (Å²) in [6.45, 7) is 2.88. The van der Waals surface area contributed by atoms with Crippen molar-refractivity contribution in [3.63, 3.8) is 0 Å². The van der Waals surface area contributed by atoms with E-state index in [-0.39, 0.29) is 12.4 Å². The number of ether oxygens (including phenoxy) is 3. The Morgan fingerprint density at radius 3 is 2.49 bits per heavy atom. The Kier molecular flexibility index (Phi) is 8.39. The second-order valence-corrected chi connectivity index (χ2v) is 8.57. The van der Waals surface area contributed by atoms with Gasteiger partial charge in [0.1, 0.15) is 12.4 Å². The van der Waals surface area contributed by atoms with E-state index in [0.29, 0.717) is 55.6 Å². The predicted molar refractivity (Wildman–Crippen MR) is 148 cm³/mol. The van der Waals surface area contributed by atoms with Crippen LogP contribution in [0.25, 0.3) is 0 Å². The molecule has 0 aliphatic carbocycles. The zero-order valence-corrected chi connectivity index (χ0v) is 21.4. The SMILES string of the molecule is COc1cc(/C=N\Nc2nc(Nc3ccccc3)nc(N3CCOCC3)n2)ccc1OCc1ccc(F)cc1. The second-order valence-electron chi connectivity index (χ2n) is 8.57. The predicted octanol–water partition coefficient (Wildman–Crippen LogP) is 4.62. The molecule has 1 aliphatic heterocycles. The molecule has 0 unspecified atom stereocenters. The molecule has 0 bridgehead atoms. The van der Waals surface area contributed by atoms with Crippen LogP contribution in [0.5, 0.6) is 11.5 Å². The molecule has 1 aromatic heterocycles. The number of nitrogens with zero attached hydrogens (tertiary/aromatic N) is 5. The molecular weight excluding hydrogens is 501 g/mol. The van der Waals surface area contributed by atoms with Crippen LogP contribution in [0.2, 0.25) is 0 Å². The molecular formula is C28H28FN7O3. The average Bonchev–Trinajstić information content (AvgIpc) is 2.98. The lowest BCUT2D eigenvalue weighted by molar-refractivity contribution is 0.122. The molecule has 1 saturated heterocycles. The Morgan fingerprint density at radius 1 is 0.949 bits per heavy atom. The van der Waals surface area contributed by atoms with Crippen LogP contribution in [-0.2, 0) is 11.3 Å². The molecule has 1 aliphatic rings. The van der Waals surface area contributed by atoms with Crippen molar-refractivity contribution in [2.75, 3.05) is 49.1 Å². The van der Waals surface area contributed by atoms with E-state index in [2.05, 4.69) is 30.8 Å². The third-order valence-corrected chi connectivity index (χ3v) is 5.82. The summed E-state index contributed by atoms with van der Waals surface area (Å²) < 4.78 is 29.9. The number of rotatable bonds is 10. The van der Waals surface area contributed by atoms with Crippen molar-refractivity contribution < 1.29 is 18.6 Å². The van der Waals surface area contributed by atoms with Gasteiger partial charge in [-0.25, -0.2) is 9.82 Å². The first-order chi connectivity index (χ1) is 19.2. The summed E-state index contributed by atoms with van der Waals surface area (Å²) in [5.41, 5.74) is 5.40. The van der Waals surface area contributed by atoms with Crippen LogP contribution in [0.3, 0.4) is 0 Å². The molecule has 0 atom stereocenters. The fourth-order valence-corrected chi connectivity index (χ4v) is 3.82. The number of morpholine rings is 1. The lowest BCUT2D eigenvalue weighted by Gasteiger charge is -2.27. The first kappa shape index (κ1) is 25.9. The number of methoxy groups -OCH3 is 1. The smallest absolute Gasteiger partial charge is 0.250 e. The molecule has 5 rings (SSSR count). The summed E-state index contributed by atoms with van der Waals surface area (Å²) in [5, 5.41) is 7.54. The summed E-state index contributed by atoms with van der Waals surface area (Å²) in [7, 11) is 1.57. The minimum Gasteiger partial charge on any atom is -0.493 e. The summed E-state index contributed by atoms with van der Waals surface area (Å²) in [4.78, 5) is 15.7. The summed E-state index contributed by atoms with van der Waals surface area (Å²) in [5.74, 6) is 2.06. The van der Waals surface area contributed by atoms with E-state index in [1.807, 2.05) is 41.3 Å². The van der Waals surface area contributed by atoms with Crippen LogP contribution in [0.4, 0.5) is 27.9 Å². The zero-order valence-electron chi connectivity index (χ0n) is 21.4. The molecule has 3 aromatic carbocycles. The zero-order chi connectivity index (χ0) is 26.9. The molecule has 0 amide bonds. The minimum atomic E-state index is -0.285. The van der Waals surface area contributed by atoms with Crippen LogP contribution >= 0.6 is 0 Å². The Balaban J connectivity index is 1.28. The number of hydrogen-bond donors (Lipinski definition) is 2. The molecule has 1 fully saturated rings. The van der Waals surface area contributed by atoms with Crippen molar-refractivity contribution in [2.45, 2.75) is 6.61 Å². The lowest BCUT2D eigenvalue weighted by Crippen LogP contribution is -2.37. The molecule has 10 nitrogen and oxygen atoms in total. The maximum absolute atomic E-state index is 13.1. The third-order valence-electron chi connectivity index (χ3n) is 5.82. The van der Waals surface area contributed by atoms with Crippen molar-refractivity contribution in [2.24, 2.45) is 5.10 Å². The number of anilines is 4. The highest BCUT2D eigenvalue weighted by molar-refractivity contribution is 5.81. The van der Waals surface area contributed by atoms with Gasteiger partial charge in [0, 0.05) is 18.8 Å². The van der Waals surface area contributed by atoms with Gasteiger partial charge in [-0.15, -0.1) is 0 Å². The fraction of sp³-hybridized carbons (Fsp3) is 0.214. The van der Waals surface area contributed by atoms with Crippen molar-refractivity contribution in [3.8, 4) is 11.5 Å². The standard InChI is InChI=1S/C28H28FN7O3/c1-37-25-17-21(9-12-24(25)39-19-20-7-10-22(29)11-8-20)18-30-35-27-32-26(31-23-5-3-2-4-6-23)33-28(34-27)36-13-15-38-16-14-36/h2-12,17-18H,13-16,19H2,1H3,(H2,31,32,33,34,35)/b30-18-. The van der Waals surface area contributed by atoms with Gasteiger partial charge in [-0.1, -0.05) is 30.3 Å². The van der Waals surface area contributed by atoms with Crippen molar-refractivity contribution in [3.05, 3.63) is 89.7 Å². The Bertz CT molecular complexity index is 1400. The number of para-hydroxylation sites is 1. The maximum Gasteiger partial charge on any atom is 0.250 e. The minimum absolute atomic E-state index is 0.285. The number of halogens is 1. The van der Waals surface area contributed by atoms with E-state index in [4.69, 9.17) is 14.2 Å². The topological polar surface area (TPSA) is 106 Å².